The van der Waals surface area contributed by atoms with Crippen LogP contribution in [0.1, 0.15) is 36.0 Å². The molecule has 0 saturated heterocycles. The first-order valence-electron chi connectivity index (χ1n) is 8.17. The maximum absolute atomic E-state index is 12.5. The van der Waals surface area contributed by atoms with Crippen molar-refractivity contribution in [2.75, 3.05) is 20.0 Å². The number of benzene rings is 1. The Morgan fingerprint density at radius 3 is 2.48 bits per heavy atom. The lowest BCUT2D eigenvalue weighted by molar-refractivity contribution is 0.0453. The Morgan fingerprint density at radius 2 is 1.79 bits per heavy atom. The molecule has 10 heteroatoms. The van der Waals surface area contributed by atoms with Gasteiger partial charge in [-0.05, 0) is 30.3 Å². The first-order valence-corrected chi connectivity index (χ1v) is 9.36. The molecule has 0 fully saturated rings. The van der Waals surface area contributed by atoms with Crippen molar-refractivity contribution >= 4 is 56.7 Å². The molecule has 0 unspecified atom stereocenters. The number of esters is 3. The summed E-state index contributed by atoms with van der Waals surface area (Å²) in [7, 11) is 2.38. The average Bonchev–Trinajstić information content (AvgIpc) is 3.06. The van der Waals surface area contributed by atoms with Gasteiger partial charge in [0.05, 0.1) is 25.3 Å². The topological polar surface area (TPSA) is 118 Å². The van der Waals surface area contributed by atoms with Crippen LogP contribution in [0.3, 0.4) is 0 Å². The zero-order chi connectivity index (χ0) is 21.1. The molecule has 2 N–H and O–H groups in total. The van der Waals surface area contributed by atoms with Gasteiger partial charge in [-0.1, -0.05) is 11.6 Å². The molecular formula is C19H15ClN2O6S. The Morgan fingerprint density at radius 1 is 1.07 bits per heavy atom. The van der Waals surface area contributed by atoms with Gasteiger partial charge >= 0.3 is 17.9 Å². The van der Waals surface area contributed by atoms with E-state index in [0.29, 0.717) is 16.1 Å². The van der Waals surface area contributed by atoms with Crippen molar-refractivity contribution in [3.63, 3.8) is 0 Å². The van der Waals surface area contributed by atoms with E-state index in [0.717, 1.165) is 11.3 Å². The van der Waals surface area contributed by atoms with Crippen LogP contribution in [0.5, 0.6) is 0 Å². The number of aromatic nitrogens is 1. The molecule has 3 aromatic rings. The first kappa shape index (κ1) is 20.6. The fourth-order valence-corrected chi connectivity index (χ4v) is 3.79. The average molecular weight is 435 g/mol. The van der Waals surface area contributed by atoms with Crippen LogP contribution in [-0.2, 0) is 20.8 Å². The second-order valence-electron chi connectivity index (χ2n) is 5.75. The molecule has 0 saturated carbocycles. The molecule has 0 amide bonds. The van der Waals surface area contributed by atoms with Crippen LogP contribution in [-0.4, -0.2) is 37.1 Å². The highest BCUT2D eigenvalue weighted by atomic mass is 35.5. The molecule has 0 aliphatic carbocycles. The fourth-order valence-electron chi connectivity index (χ4n) is 2.65. The Labute approximate surface area is 174 Å². The van der Waals surface area contributed by atoms with Crippen molar-refractivity contribution in [1.82, 2.24) is 4.98 Å². The lowest BCUT2D eigenvalue weighted by Crippen LogP contribution is -2.12. The Kier molecular flexibility index (Phi) is 6.00. The fraction of sp³-hybridized carbons (Fsp3) is 0.158. The van der Waals surface area contributed by atoms with Crippen LogP contribution in [0.2, 0.25) is 5.15 Å². The van der Waals surface area contributed by atoms with Gasteiger partial charge in [0.15, 0.2) is 0 Å². The van der Waals surface area contributed by atoms with E-state index in [9.17, 15) is 14.4 Å². The number of ether oxygens (including phenoxy) is 3. The maximum Gasteiger partial charge on any atom is 0.348 e. The summed E-state index contributed by atoms with van der Waals surface area (Å²) >= 11 is 6.72. The van der Waals surface area contributed by atoms with Gasteiger partial charge in [-0.3, -0.25) is 0 Å². The SMILES string of the molecule is COC(=O)c1sc(N)c(C(=O)OC)c1COC(=O)c1ccc2nc(Cl)ccc2c1. The quantitative estimate of drug-likeness (QED) is 0.368. The minimum atomic E-state index is -0.742. The van der Waals surface area contributed by atoms with Gasteiger partial charge in [0.25, 0.3) is 0 Å². The first-order chi connectivity index (χ1) is 13.8. The maximum atomic E-state index is 12.5. The minimum Gasteiger partial charge on any atom is -0.465 e. The van der Waals surface area contributed by atoms with Crippen LogP contribution in [0.15, 0.2) is 30.3 Å². The van der Waals surface area contributed by atoms with E-state index in [2.05, 4.69) is 4.98 Å². The number of hydrogen-bond donors (Lipinski definition) is 1. The van der Waals surface area contributed by atoms with Crippen molar-refractivity contribution in [3.8, 4) is 0 Å². The number of nitrogens with zero attached hydrogens (tertiary/aromatic N) is 1. The molecule has 0 spiro atoms. The van der Waals surface area contributed by atoms with Crippen molar-refractivity contribution in [2.24, 2.45) is 0 Å². The molecule has 8 nitrogen and oxygen atoms in total. The molecule has 0 radical (unpaired) electrons. The summed E-state index contributed by atoms with van der Waals surface area (Å²) in [6.07, 6.45) is 0. The molecule has 29 heavy (non-hydrogen) atoms. The third kappa shape index (κ3) is 4.15. The Balaban J connectivity index is 1.88. The smallest absolute Gasteiger partial charge is 0.348 e. The second-order valence-corrected chi connectivity index (χ2v) is 7.19. The third-order valence-corrected chi connectivity index (χ3v) is 5.28. The molecule has 2 heterocycles. The summed E-state index contributed by atoms with van der Waals surface area (Å²) in [5.41, 5.74) is 6.86. The monoisotopic (exact) mass is 434 g/mol. The Hall–Kier alpha value is -3.17. The lowest BCUT2D eigenvalue weighted by Gasteiger charge is -2.08. The van der Waals surface area contributed by atoms with Gasteiger partial charge in [-0.15, -0.1) is 11.3 Å². The molecule has 0 atom stereocenters. The number of rotatable bonds is 5. The van der Waals surface area contributed by atoms with Crippen LogP contribution in [0.4, 0.5) is 5.00 Å². The van der Waals surface area contributed by atoms with Gasteiger partial charge < -0.3 is 19.9 Å². The van der Waals surface area contributed by atoms with E-state index in [1.807, 2.05) is 0 Å². The number of nitrogens with two attached hydrogens (primary N) is 1. The number of thiophene rings is 1. The summed E-state index contributed by atoms with van der Waals surface area (Å²) < 4.78 is 14.7. The van der Waals surface area contributed by atoms with Gasteiger partial charge in [0.1, 0.15) is 27.2 Å². The van der Waals surface area contributed by atoms with Gasteiger partial charge in [0, 0.05) is 10.9 Å². The molecular weight excluding hydrogens is 420 g/mol. The van der Waals surface area contributed by atoms with E-state index < -0.39 is 17.9 Å². The van der Waals surface area contributed by atoms with Crippen LogP contribution < -0.4 is 5.73 Å². The van der Waals surface area contributed by atoms with Gasteiger partial charge in [0.2, 0.25) is 0 Å². The second kappa shape index (κ2) is 8.46. The molecule has 0 aliphatic rings. The lowest BCUT2D eigenvalue weighted by atomic mass is 10.1. The largest absolute Gasteiger partial charge is 0.465 e. The predicted molar refractivity (Wildman–Crippen MR) is 107 cm³/mol. The highest BCUT2D eigenvalue weighted by Gasteiger charge is 2.28. The summed E-state index contributed by atoms with van der Waals surface area (Å²) in [6.45, 7) is -0.363. The highest BCUT2D eigenvalue weighted by molar-refractivity contribution is 7.18. The van der Waals surface area contributed by atoms with Crippen molar-refractivity contribution in [1.29, 1.82) is 0 Å². The normalized spacial score (nSPS) is 10.6. The van der Waals surface area contributed by atoms with E-state index in [-0.39, 0.29) is 33.2 Å². The van der Waals surface area contributed by atoms with Crippen LogP contribution in [0.25, 0.3) is 10.9 Å². The number of fused-ring (bicyclic) bond motifs is 1. The van der Waals surface area contributed by atoms with E-state index >= 15 is 0 Å². The molecule has 1 aromatic carbocycles. The number of nitrogen functional groups attached to an aromatic ring is 1. The van der Waals surface area contributed by atoms with E-state index in [1.165, 1.54) is 14.2 Å². The minimum absolute atomic E-state index is 0.0250. The summed E-state index contributed by atoms with van der Waals surface area (Å²) in [4.78, 5) is 40.8. The van der Waals surface area contributed by atoms with Gasteiger partial charge in [-0.2, -0.15) is 0 Å². The number of carbonyl (C=O) groups excluding carboxylic acids is 3. The molecule has 0 aliphatic heterocycles. The van der Waals surface area contributed by atoms with Crippen molar-refractivity contribution in [2.45, 2.75) is 6.61 Å². The molecule has 3 rings (SSSR count). The van der Waals surface area contributed by atoms with Gasteiger partial charge in [-0.25, -0.2) is 19.4 Å². The zero-order valence-electron chi connectivity index (χ0n) is 15.4. The summed E-state index contributed by atoms with van der Waals surface area (Å²) in [6, 6.07) is 8.12. The van der Waals surface area contributed by atoms with Crippen LogP contribution in [0, 0.1) is 0 Å². The number of methoxy groups -OCH3 is 2. The highest BCUT2D eigenvalue weighted by Crippen LogP contribution is 2.33. The zero-order valence-corrected chi connectivity index (χ0v) is 16.9. The van der Waals surface area contributed by atoms with E-state index in [1.54, 1.807) is 30.3 Å². The third-order valence-electron chi connectivity index (χ3n) is 4.03. The predicted octanol–water partition coefficient (Wildman–Crippen LogP) is 3.46. The molecule has 2 aromatic heterocycles. The Bertz CT molecular complexity index is 1130. The van der Waals surface area contributed by atoms with E-state index in [4.69, 9.17) is 31.5 Å². The molecule has 150 valence electrons. The molecule has 0 bridgehead atoms. The number of anilines is 1. The van der Waals surface area contributed by atoms with Crippen molar-refractivity contribution < 1.29 is 28.6 Å². The number of carbonyl (C=O) groups is 3. The number of hydrogen-bond acceptors (Lipinski definition) is 9. The number of pyridine rings is 1. The van der Waals surface area contributed by atoms with Crippen molar-refractivity contribution in [3.05, 3.63) is 57.1 Å². The standard InChI is InChI=1S/C19H15ClN2O6S/c1-26-18(24)14-11(15(19(25)27-2)29-16(14)21)8-28-17(23)10-3-5-12-9(7-10)4-6-13(20)22-12/h3-7H,8,21H2,1-2H3. The summed E-state index contributed by atoms with van der Waals surface area (Å²) in [5, 5.41) is 1.11. The number of halogens is 1. The summed E-state index contributed by atoms with van der Waals surface area (Å²) in [5.74, 6) is -2.09. The van der Waals surface area contributed by atoms with Crippen LogP contribution >= 0.6 is 22.9 Å².